The van der Waals surface area contributed by atoms with Crippen molar-refractivity contribution in [3.05, 3.63) is 0 Å². The van der Waals surface area contributed by atoms with Crippen LogP contribution in [0.3, 0.4) is 0 Å². The van der Waals surface area contributed by atoms with Crippen LogP contribution in [0.25, 0.3) is 0 Å². The van der Waals surface area contributed by atoms with Gasteiger partial charge in [-0.05, 0) is 40.0 Å². The summed E-state index contributed by atoms with van der Waals surface area (Å²) in [7, 11) is -0.952. The lowest BCUT2D eigenvalue weighted by Gasteiger charge is -2.31. The third kappa shape index (κ3) is 5.81. The Morgan fingerprint density at radius 3 is 2.37 bits per heavy atom. The zero-order chi connectivity index (χ0) is 14.7. The van der Waals surface area contributed by atoms with Crippen LogP contribution < -0.4 is 5.32 Å². The van der Waals surface area contributed by atoms with E-state index in [-0.39, 0.29) is 23.6 Å². The molecule has 114 valence electrons. The highest BCUT2D eigenvalue weighted by Gasteiger charge is 2.41. The summed E-state index contributed by atoms with van der Waals surface area (Å²) in [6, 6.07) is -0.0858. The molecule has 0 aliphatic heterocycles. The van der Waals surface area contributed by atoms with Crippen molar-refractivity contribution in [1.29, 1.82) is 0 Å². The van der Waals surface area contributed by atoms with Gasteiger partial charge in [0.25, 0.3) is 0 Å². The number of hydrogen-bond donors (Lipinski definition) is 1. The Morgan fingerprint density at radius 2 is 1.84 bits per heavy atom. The van der Waals surface area contributed by atoms with Gasteiger partial charge in [-0.15, -0.1) is 0 Å². The van der Waals surface area contributed by atoms with E-state index in [0.29, 0.717) is 18.7 Å². The van der Waals surface area contributed by atoms with Gasteiger partial charge in [-0.3, -0.25) is 4.21 Å². The lowest BCUT2D eigenvalue weighted by Crippen LogP contribution is -2.41. The number of nitrogens with one attached hydrogen (secondary N) is 1. The summed E-state index contributed by atoms with van der Waals surface area (Å²) in [6.07, 6.45) is -2.27. The molecule has 0 aromatic rings. The number of alkyl halides is 3. The molecule has 0 radical (unpaired) electrons. The van der Waals surface area contributed by atoms with Crippen molar-refractivity contribution < 1.29 is 17.4 Å². The second kappa shape index (κ2) is 6.57. The smallest absolute Gasteiger partial charge is 0.313 e. The average Bonchev–Trinajstić information content (AvgIpc) is 2.27. The molecule has 0 heterocycles. The first-order valence-corrected chi connectivity index (χ1v) is 8.11. The molecule has 1 saturated carbocycles. The van der Waals surface area contributed by atoms with Gasteiger partial charge >= 0.3 is 6.18 Å². The number of hydrogen-bond acceptors (Lipinski definition) is 2. The van der Waals surface area contributed by atoms with E-state index in [1.807, 2.05) is 20.8 Å². The summed E-state index contributed by atoms with van der Waals surface area (Å²) in [5.74, 6) is -0.677. The zero-order valence-electron chi connectivity index (χ0n) is 11.8. The summed E-state index contributed by atoms with van der Waals surface area (Å²) >= 11 is 0. The van der Waals surface area contributed by atoms with E-state index in [0.717, 1.165) is 6.42 Å². The second-order valence-corrected chi connectivity index (χ2v) is 8.54. The van der Waals surface area contributed by atoms with Crippen LogP contribution in [0, 0.1) is 5.92 Å². The fourth-order valence-electron chi connectivity index (χ4n) is 2.33. The number of halogens is 3. The van der Waals surface area contributed by atoms with E-state index in [1.54, 1.807) is 0 Å². The van der Waals surface area contributed by atoms with Gasteiger partial charge in [0.1, 0.15) is 0 Å². The van der Waals surface area contributed by atoms with Crippen LogP contribution in [0.5, 0.6) is 0 Å². The van der Waals surface area contributed by atoms with Crippen LogP contribution in [0.15, 0.2) is 0 Å². The predicted molar refractivity (Wildman–Crippen MR) is 72.6 cm³/mol. The molecule has 2 nitrogen and oxygen atoms in total. The molecule has 0 bridgehead atoms. The first-order valence-electron chi connectivity index (χ1n) is 6.79. The van der Waals surface area contributed by atoms with Gasteiger partial charge in [-0.25, -0.2) is 0 Å². The Labute approximate surface area is 116 Å². The highest BCUT2D eigenvalue weighted by Crippen LogP contribution is 2.37. The fraction of sp³-hybridized carbons (Fsp3) is 1.00. The fourth-order valence-corrected chi connectivity index (χ4v) is 3.25. The highest BCUT2D eigenvalue weighted by molar-refractivity contribution is 7.86. The van der Waals surface area contributed by atoms with Crippen molar-refractivity contribution in [3.63, 3.8) is 0 Å². The zero-order valence-corrected chi connectivity index (χ0v) is 12.7. The summed E-state index contributed by atoms with van der Waals surface area (Å²) in [5, 5.41) is 3.13. The van der Waals surface area contributed by atoms with Crippen molar-refractivity contribution >= 4 is 10.8 Å². The molecular formula is C13H24F3NOS. The first-order chi connectivity index (χ1) is 8.60. The van der Waals surface area contributed by atoms with Gasteiger partial charge in [-0.2, -0.15) is 13.2 Å². The Bertz CT molecular complexity index is 312. The maximum atomic E-state index is 12.6. The Morgan fingerprint density at radius 1 is 1.21 bits per heavy atom. The lowest BCUT2D eigenvalue weighted by molar-refractivity contribution is -0.183. The monoisotopic (exact) mass is 299 g/mol. The van der Waals surface area contributed by atoms with Crippen molar-refractivity contribution in [3.8, 4) is 0 Å². The van der Waals surface area contributed by atoms with Gasteiger partial charge in [0, 0.05) is 33.9 Å². The largest absolute Gasteiger partial charge is 0.391 e. The molecule has 0 aromatic carbocycles. The minimum atomic E-state index is -4.07. The molecule has 1 aliphatic carbocycles. The quantitative estimate of drug-likeness (QED) is 0.863. The standard InChI is InChI=1S/C13H24F3NOS/c1-12(2,3)19(18)8-7-17-11-6-4-5-10(9-11)13(14,15)16/h10-11,17H,4-9H2,1-3H3. The molecule has 0 saturated heterocycles. The molecule has 1 aliphatic rings. The van der Waals surface area contributed by atoms with Crippen molar-refractivity contribution in [2.75, 3.05) is 12.3 Å². The van der Waals surface area contributed by atoms with Crippen LogP contribution in [-0.2, 0) is 10.8 Å². The van der Waals surface area contributed by atoms with E-state index >= 15 is 0 Å². The maximum absolute atomic E-state index is 12.6. The molecule has 1 rings (SSSR count). The molecular weight excluding hydrogens is 275 g/mol. The number of rotatable bonds is 4. The average molecular weight is 299 g/mol. The van der Waals surface area contributed by atoms with Gasteiger partial charge in [0.15, 0.2) is 0 Å². The van der Waals surface area contributed by atoms with Crippen LogP contribution in [0.4, 0.5) is 13.2 Å². The van der Waals surface area contributed by atoms with Crippen LogP contribution in [-0.4, -0.2) is 33.5 Å². The van der Waals surface area contributed by atoms with Crippen molar-refractivity contribution in [1.82, 2.24) is 5.32 Å². The van der Waals surface area contributed by atoms with E-state index in [4.69, 9.17) is 0 Å². The minimum Gasteiger partial charge on any atom is -0.313 e. The Balaban J connectivity index is 2.32. The molecule has 1 N–H and O–H groups in total. The molecule has 0 amide bonds. The molecule has 0 spiro atoms. The molecule has 3 unspecified atom stereocenters. The van der Waals surface area contributed by atoms with Crippen molar-refractivity contribution in [2.45, 2.75) is 63.4 Å². The van der Waals surface area contributed by atoms with Crippen LogP contribution in [0.2, 0.25) is 0 Å². The third-order valence-corrected chi connectivity index (χ3v) is 5.48. The normalized spacial score (nSPS) is 27.3. The third-order valence-electron chi connectivity index (χ3n) is 3.54. The summed E-state index contributed by atoms with van der Waals surface area (Å²) in [6.45, 7) is 6.25. The van der Waals surface area contributed by atoms with E-state index in [9.17, 15) is 17.4 Å². The summed E-state index contributed by atoms with van der Waals surface area (Å²) < 4.78 is 49.5. The van der Waals surface area contributed by atoms with E-state index in [1.165, 1.54) is 0 Å². The van der Waals surface area contributed by atoms with Crippen molar-refractivity contribution in [2.24, 2.45) is 5.92 Å². The Kier molecular flexibility index (Phi) is 5.86. The van der Waals surface area contributed by atoms with Crippen LogP contribution in [0.1, 0.15) is 46.5 Å². The molecule has 6 heteroatoms. The SMILES string of the molecule is CC(C)(C)S(=O)CCNC1CCCC(C(F)(F)F)C1. The van der Waals surface area contributed by atoms with Gasteiger partial charge in [0.2, 0.25) is 0 Å². The second-order valence-electron chi connectivity index (χ2n) is 6.22. The van der Waals surface area contributed by atoms with E-state index in [2.05, 4.69) is 5.32 Å². The molecule has 19 heavy (non-hydrogen) atoms. The van der Waals surface area contributed by atoms with Gasteiger partial charge < -0.3 is 5.32 Å². The summed E-state index contributed by atoms with van der Waals surface area (Å²) in [5.41, 5.74) is 0. The summed E-state index contributed by atoms with van der Waals surface area (Å²) in [4.78, 5) is 0. The molecule has 3 atom stereocenters. The molecule has 0 aromatic heterocycles. The molecule has 1 fully saturated rings. The lowest BCUT2D eigenvalue weighted by atomic mass is 9.85. The van der Waals surface area contributed by atoms with E-state index < -0.39 is 22.9 Å². The van der Waals surface area contributed by atoms with Crippen LogP contribution >= 0.6 is 0 Å². The highest BCUT2D eigenvalue weighted by atomic mass is 32.2. The topological polar surface area (TPSA) is 29.1 Å². The van der Waals surface area contributed by atoms with Gasteiger partial charge in [0.05, 0.1) is 5.92 Å². The maximum Gasteiger partial charge on any atom is 0.391 e. The Hall–Kier alpha value is -0.100. The van der Waals surface area contributed by atoms with Gasteiger partial charge in [-0.1, -0.05) is 6.42 Å². The predicted octanol–water partition coefficient (Wildman–Crippen LogP) is 3.24. The first kappa shape index (κ1) is 17.0. The minimum absolute atomic E-state index is 0.0858.